The Morgan fingerprint density at radius 1 is 1.26 bits per heavy atom. The summed E-state index contributed by atoms with van der Waals surface area (Å²) in [6, 6.07) is 4.72. The van der Waals surface area contributed by atoms with Gasteiger partial charge in [-0.25, -0.2) is 4.98 Å². The van der Waals surface area contributed by atoms with Crippen molar-refractivity contribution in [2.75, 3.05) is 13.1 Å². The highest BCUT2D eigenvalue weighted by atomic mass is 32.1. The van der Waals surface area contributed by atoms with E-state index in [4.69, 9.17) is 0 Å². The molecule has 2 bridgehead atoms. The number of rotatable bonds is 3. The van der Waals surface area contributed by atoms with Crippen LogP contribution >= 0.6 is 22.7 Å². The van der Waals surface area contributed by atoms with Gasteiger partial charge in [-0.15, -0.1) is 22.7 Å². The third-order valence-electron chi connectivity index (χ3n) is 5.17. The van der Waals surface area contributed by atoms with E-state index >= 15 is 0 Å². The fourth-order valence-electron chi connectivity index (χ4n) is 3.84. The van der Waals surface area contributed by atoms with Gasteiger partial charge < -0.3 is 5.32 Å². The summed E-state index contributed by atoms with van der Waals surface area (Å²) in [5, 5.41) is 4.36. The van der Waals surface area contributed by atoms with Gasteiger partial charge in [0.05, 0.1) is 14.8 Å². The van der Waals surface area contributed by atoms with Crippen molar-refractivity contribution >= 4 is 28.6 Å². The van der Waals surface area contributed by atoms with Gasteiger partial charge in [0.2, 0.25) is 0 Å². The number of piperidine rings is 3. The Bertz CT molecular complexity index is 713. The average molecular weight is 348 g/mol. The minimum atomic E-state index is 0.0769. The van der Waals surface area contributed by atoms with Gasteiger partial charge in [0.25, 0.3) is 5.91 Å². The van der Waals surface area contributed by atoms with E-state index in [0.717, 1.165) is 19.6 Å². The zero-order valence-corrected chi connectivity index (χ0v) is 15.0. The first-order valence-electron chi connectivity index (χ1n) is 8.19. The van der Waals surface area contributed by atoms with E-state index in [0.29, 0.717) is 18.0 Å². The molecule has 0 spiro atoms. The molecule has 2 unspecified atom stereocenters. The molecule has 0 aromatic carbocycles. The molecule has 1 N–H and O–H groups in total. The summed E-state index contributed by atoms with van der Waals surface area (Å²) in [5.41, 5.74) is 0. The van der Waals surface area contributed by atoms with Crippen molar-refractivity contribution in [2.24, 2.45) is 5.92 Å². The highest BCUT2D eigenvalue weighted by Crippen LogP contribution is 2.34. The number of aryl methyl sites for hydroxylation is 1. The summed E-state index contributed by atoms with van der Waals surface area (Å²) in [4.78, 5) is 22.5. The van der Waals surface area contributed by atoms with E-state index in [1.807, 2.05) is 25.3 Å². The van der Waals surface area contributed by atoms with Gasteiger partial charge in [0.1, 0.15) is 0 Å². The molecule has 3 aliphatic rings. The standard InChI is InChI=1S/C17H21N3OS2/c1-10-16(12-5-7-20(10)8-6-12)19-17(21)14-4-3-13(23-14)15-9-18-11(2)22-15/h3-4,9-10,12,16H,5-8H2,1-2H3,(H,19,21). The number of thiazole rings is 1. The van der Waals surface area contributed by atoms with Crippen LogP contribution in [0.5, 0.6) is 0 Å². The van der Waals surface area contributed by atoms with Crippen LogP contribution in [0.4, 0.5) is 0 Å². The molecule has 3 aliphatic heterocycles. The third-order valence-corrected chi connectivity index (χ3v) is 7.36. The highest BCUT2D eigenvalue weighted by molar-refractivity contribution is 7.22. The fourth-order valence-corrected chi connectivity index (χ4v) is 5.60. The Hall–Kier alpha value is -1.24. The van der Waals surface area contributed by atoms with Crippen LogP contribution in [0.1, 0.15) is 34.4 Å². The van der Waals surface area contributed by atoms with Gasteiger partial charge >= 0.3 is 0 Å². The molecule has 2 aromatic rings. The minimum absolute atomic E-state index is 0.0769. The number of hydrogen-bond acceptors (Lipinski definition) is 5. The van der Waals surface area contributed by atoms with Crippen LogP contribution in [-0.4, -0.2) is 41.0 Å². The molecule has 23 heavy (non-hydrogen) atoms. The fraction of sp³-hybridized carbons (Fsp3) is 0.529. The Morgan fingerprint density at radius 2 is 2.04 bits per heavy atom. The van der Waals surface area contributed by atoms with Gasteiger partial charge in [-0.1, -0.05) is 0 Å². The molecule has 5 rings (SSSR count). The van der Waals surface area contributed by atoms with Crippen LogP contribution in [0.2, 0.25) is 0 Å². The number of nitrogens with zero attached hydrogens (tertiary/aromatic N) is 2. The van der Waals surface area contributed by atoms with Crippen molar-refractivity contribution < 1.29 is 4.79 Å². The monoisotopic (exact) mass is 347 g/mol. The van der Waals surface area contributed by atoms with Crippen LogP contribution in [0.25, 0.3) is 9.75 Å². The Kier molecular flexibility index (Phi) is 3.99. The maximum atomic E-state index is 12.7. The van der Waals surface area contributed by atoms with Crippen LogP contribution in [0.15, 0.2) is 18.3 Å². The summed E-state index contributed by atoms with van der Waals surface area (Å²) in [7, 11) is 0. The van der Waals surface area contributed by atoms with E-state index in [1.165, 1.54) is 25.9 Å². The van der Waals surface area contributed by atoms with E-state index in [-0.39, 0.29) is 5.91 Å². The molecule has 0 saturated carbocycles. The van der Waals surface area contributed by atoms with Crippen molar-refractivity contribution in [3.8, 4) is 9.75 Å². The maximum absolute atomic E-state index is 12.7. The third kappa shape index (κ3) is 2.84. The molecular formula is C17H21N3OS2. The summed E-state index contributed by atoms with van der Waals surface area (Å²) >= 11 is 3.23. The molecule has 0 radical (unpaired) electrons. The van der Waals surface area contributed by atoms with Gasteiger partial charge in [0, 0.05) is 23.2 Å². The lowest BCUT2D eigenvalue weighted by Crippen LogP contribution is -2.62. The van der Waals surface area contributed by atoms with E-state index in [9.17, 15) is 4.79 Å². The molecule has 3 fully saturated rings. The molecule has 1 amide bonds. The number of hydrogen-bond donors (Lipinski definition) is 1. The normalized spacial score (nSPS) is 29.7. The molecule has 122 valence electrons. The summed E-state index contributed by atoms with van der Waals surface area (Å²) in [6.45, 7) is 6.62. The van der Waals surface area contributed by atoms with Crippen molar-refractivity contribution in [1.82, 2.24) is 15.2 Å². The molecule has 6 heteroatoms. The largest absolute Gasteiger partial charge is 0.347 e. The second-order valence-electron chi connectivity index (χ2n) is 6.52. The summed E-state index contributed by atoms with van der Waals surface area (Å²) < 4.78 is 0. The van der Waals surface area contributed by atoms with E-state index < -0.39 is 0 Å². The van der Waals surface area contributed by atoms with Crippen LogP contribution in [0.3, 0.4) is 0 Å². The predicted molar refractivity (Wildman–Crippen MR) is 95.2 cm³/mol. The lowest BCUT2D eigenvalue weighted by molar-refractivity contribution is 0.0218. The maximum Gasteiger partial charge on any atom is 0.261 e. The van der Waals surface area contributed by atoms with Crippen molar-refractivity contribution in [3.05, 3.63) is 28.2 Å². The molecule has 2 aromatic heterocycles. The first-order chi connectivity index (χ1) is 11.1. The van der Waals surface area contributed by atoms with Crippen LogP contribution in [0, 0.1) is 12.8 Å². The average Bonchev–Trinajstić information content (AvgIpc) is 3.20. The van der Waals surface area contributed by atoms with Crippen LogP contribution < -0.4 is 5.32 Å². The first kappa shape index (κ1) is 15.3. The first-order valence-corrected chi connectivity index (χ1v) is 9.82. The minimum Gasteiger partial charge on any atom is -0.347 e. The topological polar surface area (TPSA) is 45.2 Å². The predicted octanol–water partition coefficient (Wildman–Crippen LogP) is 3.39. The summed E-state index contributed by atoms with van der Waals surface area (Å²) in [5.74, 6) is 0.718. The van der Waals surface area contributed by atoms with Gasteiger partial charge in [-0.3, -0.25) is 9.69 Å². The number of carbonyl (C=O) groups excluding carboxylic acids is 1. The smallest absolute Gasteiger partial charge is 0.261 e. The second-order valence-corrected chi connectivity index (χ2v) is 8.84. The van der Waals surface area contributed by atoms with Crippen molar-refractivity contribution in [1.29, 1.82) is 0 Å². The second kappa shape index (κ2) is 6.00. The number of thiophene rings is 1. The van der Waals surface area contributed by atoms with Crippen LogP contribution in [-0.2, 0) is 0 Å². The quantitative estimate of drug-likeness (QED) is 0.926. The molecular weight excluding hydrogens is 326 g/mol. The van der Waals surface area contributed by atoms with Crippen molar-refractivity contribution in [3.63, 3.8) is 0 Å². The SMILES string of the molecule is Cc1ncc(-c2ccc(C(=O)NC3C4CCN(CC4)C3C)s2)s1. The van der Waals surface area contributed by atoms with Gasteiger partial charge in [-0.05, 0) is 57.8 Å². The Labute approximate surface area is 144 Å². The van der Waals surface area contributed by atoms with E-state index in [1.54, 1.807) is 22.7 Å². The summed E-state index contributed by atoms with van der Waals surface area (Å²) in [6.07, 6.45) is 4.32. The number of aromatic nitrogens is 1. The Morgan fingerprint density at radius 3 is 2.70 bits per heavy atom. The zero-order chi connectivity index (χ0) is 16.0. The lowest BCUT2D eigenvalue weighted by atomic mass is 9.79. The highest BCUT2D eigenvalue weighted by Gasteiger charge is 2.40. The zero-order valence-electron chi connectivity index (χ0n) is 13.4. The number of nitrogens with one attached hydrogen (secondary N) is 1. The molecule has 3 saturated heterocycles. The van der Waals surface area contributed by atoms with E-state index in [2.05, 4.69) is 22.1 Å². The molecule has 5 heterocycles. The molecule has 4 nitrogen and oxygen atoms in total. The number of carbonyl (C=O) groups is 1. The molecule has 2 atom stereocenters. The lowest BCUT2D eigenvalue weighted by Gasteiger charge is -2.49. The number of amides is 1. The Balaban J connectivity index is 1.48. The van der Waals surface area contributed by atoms with Gasteiger partial charge in [0.15, 0.2) is 0 Å². The van der Waals surface area contributed by atoms with Gasteiger partial charge in [-0.2, -0.15) is 0 Å². The molecule has 0 aliphatic carbocycles. The van der Waals surface area contributed by atoms with Crippen molar-refractivity contribution in [2.45, 2.75) is 38.8 Å². The number of fused-ring (bicyclic) bond motifs is 3.